The zero-order valence-electron chi connectivity index (χ0n) is 30.2. The fraction of sp³-hybridized carbons (Fsp3) is 0.788. The molecule has 0 spiro atoms. The number of carbonyl (C=O) groups is 7. The molecule has 0 radical (unpaired) electrons. The second-order valence-corrected chi connectivity index (χ2v) is 8.80. The van der Waals surface area contributed by atoms with Gasteiger partial charge in [0, 0.05) is 45.3 Å². The average molecular weight is 667 g/mol. The van der Waals surface area contributed by atoms with E-state index < -0.39 is 23.6 Å². The van der Waals surface area contributed by atoms with Crippen LogP contribution in [-0.2, 0) is 43.2 Å². The number of amides is 4. The maximum Gasteiger partial charge on any atom is 0.321 e. The zero-order valence-corrected chi connectivity index (χ0v) is 30.2. The van der Waals surface area contributed by atoms with Gasteiger partial charge in [0.15, 0.2) is 0 Å². The van der Waals surface area contributed by atoms with E-state index in [1.165, 1.54) is 44.9 Å². The van der Waals surface area contributed by atoms with Crippen LogP contribution in [0.25, 0.3) is 0 Å². The van der Waals surface area contributed by atoms with Crippen LogP contribution in [0.15, 0.2) is 0 Å². The summed E-state index contributed by atoms with van der Waals surface area (Å²) >= 11 is 0. The molecule has 0 aromatic carbocycles. The summed E-state index contributed by atoms with van der Waals surface area (Å²) in [6, 6.07) is 0. The van der Waals surface area contributed by atoms with E-state index in [-0.39, 0.29) is 38.6 Å². The number of unbranched alkanes of at least 4 members (excludes halogenated alkanes) is 7. The van der Waals surface area contributed by atoms with E-state index >= 15 is 0 Å². The van der Waals surface area contributed by atoms with Crippen molar-refractivity contribution >= 4 is 42.9 Å². The Labute approximate surface area is 278 Å². The standard InChI is InChI=1S/2C6H14O.2C5H5NO4.C4H8O.C3H8.2C2H6/c2*1-2-3-4-5-6-7;2*7-3-10-6-4(8)1-2-5(6)9;1-2-3-4-5;1-3-2;2*1-2/h2*7H,2-6H2,1H3;2*3H,1-2H2;4H,2-3H2,1H3;3H2,1-2H3;2*1-2H3. The van der Waals surface area contributed by atoms with Crippen LogP contribution in [0.3, 0.4) is 0 Å². The Bertz CT molecular complexity index is 613. The van der Waals surface area contributed by atoms with Crippen LogP contribution < -0.4 is 0 Å². The second kappa shape index (κ2) is 51.4. The number of aldehydes is 1. The van der Waals surface area contributed by atoms with Gasteiger partial charge in [-0.2, -0.15) is 0 Å². The van der Waals surface area contributed by atoms with Gasteiger partial charge < -0.3 is 24.7 Å². The summed E-state index contributed by atoms with van der Waals surface area (Å²) in [7, 11) is 0. The van der Waals surface area contributed by atoms with E-state index in [0.717, 1.165) is 25.5 Å². The van der Waals surface area contributed by atoms with Crippen molar-refractivity contribution < 1.29 is 53.4 Å². The summed E-state index contributed by atoms with van der Waals surface area (Å²) in [4.78, 5) is 79.3. The van der Waals surface area contributed by atoms with E-state index in [0.29, 0.717) is 29.8 Å². The Hall–Kier alpha value is -3.19. The van der Waals surface area contributed by atoms with Crippen molar-refractivity contribution in [2.24, 2.45) is 0 Å². The number of imide groups is 2. The monoisotopic (exact) mass is 666 g/mol. The van der Waals surface area contributed by atoms with Gasteiger partial charge in [0.1, 0.15) is 6.29 Å². The minimum atomic E-state index is -0.461. The van der Waals surface area contributed by atoms with Crippen LogP contribution in [0.1, 0.15) is 159 Å². The Kier molecular flexibility index (Phi) is 61.7. The van der Waals surface area contributed by atoms with Crippen LogP contribution in [-0.4, -0.2) is 76.4 Å². The lowest BCUT2D eigenvalue weighted by Crippen LogP contribution is -2.28. The molecule has 13 heteroatoms. The molecule has 0 saturated carbocycles. The molecule has 46 heavy (non-hydrogen) atoms. The highest BCUT2D eigenvalue weighted by atomic mass is 16.7. The van der Waals surface area contributed by atoms with Gasteiger partial charge in [-0.15, -0.1) is 10.1 Å². The largest absolute Gasteiger partial charge is 0.396 e. The molecule has 274 valence electrons. The van der Waals surface area contributed by atoms with Gasteiger partial charge >= 0.3 is 12.9 Å². The summed E-state index contributed by atoms with van der Waals surface area (Å²) in [5.74, 6) is -1.84. The molecular weight excluding hydrogens is 600 g/mol. The molecule has 0 aromatic heterocycles. The fourth-order valence-corrected chi connectivity index (χ4v) is 2.63. The molecule has 0 atom stereocenters. The zero-order chi connectivity index (χ0) is 37.0. The quantitative estimate of drug-likeness (QED) is 0.125. The van der Waals surface area contributed by atoms with Crippen molar-refractivity contribution in [1.29, 1.82) is 0 Å². The number of nitrogens with zero attached hydrogens (tertiary/aromatic N) is 2. The van der Waals surface area contributed by atoms with Crippen LogP contribution in [0, 0.1) is 0 Å². The van der Waals surface area contributed by atoms with Crippen molar-refractivity contribution in [1.82, 2.24) is 10.1 Å². The summed E-state index contributed by atoms with van der Waals surface area (Å²) in [6.45, 7) is 19.4. The molecule has 2 aliphatic rings. The van der Waals surface area contributed by atoms with Gasteiger partial charge in [0.2, 0.25) is 0 Å². The van der Waals surface area contributed by atoms with Gasteiger partial charge in [-0.3, -0.25) is 28.8 Å². The third-order valence-electron chi connectivity index (χ3n) is 4.74. The molecule has 0 bridgehead atoms. The first-order chi connectivity index (χ1) is 22.2. The number of hydroxylamine groups is 4. The minimum Gasteiger partial charge on any atom is -0.396 e. The lowest BCUT2D eigenvalue weighted by molar-refractivity contribution is -0.188. The molecule has 0 unspecified atom stereocenters. The van der Waals surface area contributed by atoms with Gasteiger partial charge in [-0.05, 0) is 19.3 Å². The highest BCUT2D eigenvalue weighted by Crippen LogP contribution is 2.11. The maximum absolute atomic E-state index is 10.6. The molecule has 4 amide bonds. The molecule has 2 aliphatic heterocycles. The van der Waals surface area contributed by atoms with Gasteiger partial charge in [-0.1, -0.05) is 107 Å². The van der Waals surface area contributed by atoms with Crippen molar-refractivity contribution in [3.05, 3.63) is 0 Å². The number of hydrogen-bond donors (Lipinski definition) is 2. The Balaban J connectivity index is -0.000000105. The highest BCUT2D eigenvalue weighted by Gasteiger charge is 2.31. The van der Waals surface area contributed by atoms with E-state index in [4.69, 9.17) is 10.2 Å². The smallest absolute Gasteiger partial charge is 0.321 e. The lowest BCUT2D eigenvalue weighted by Gasteiger charge is -2.06. The summed E-state index contributed by atoms with van der Waals surface area (Å²) in [5, 5.41) is 17.5. The summed E-state index contributed by atoms with van der Waals surface area (Å²) in [6.07, 6.45) is 13.8. The van der Waals surface area contributed by atoms with Gasteiger partial charge in [-0.25, -0.2) is 0 Å². The second-order valence-electron chi connectivity index (χ2n) is 8.80. The van der Waals surface area contributed by atoms with Gasteiger partial charge in [0.25, 0.3) is 23.6 Å². The Morgan fingerprint density at radius 2 is 0.826 bits per heavy atom. The average Bonchev–Trinajstić information content (AvgIpc) is 3.56. The highest BCUT2D eigenvalue weighted by molar-refractivity contribution is 6.01. The first-order valence-electron chi connectivity index (χ1n) is 16.7. The van der Waals surface area contributed by atoms with E-state index in [1.54, 1.807) is 0 Å². The number of aliphatic hydroxyl groups excluding tert-OH is 2. The third-order valence-corrected chi connectivity index (χ3v) is 4.74. The predicted molar refractivity (Wildman–Crippen MR) is 179 cm³/mol. The topological polar surface area (TPSA) is 185 Å². The number of rotatable bonds is 14. The van der Waals surface area contributed by atoms with Crippen LogP contribution in [0.4, 0.5) is 0 Å². The SMILES string of the molecule is CC.CC.CCC.CCCC=O.CCCCCCO.CCCCCCO.O=CON1C(=O)CCC1=O.O=CON1C(=O)CCC1=O. The molecule has 0 aliphatic carbocycles. The van der Waals surface area contributed by atoms with Crippen LogP contribution >= 0.6 is 0 Å². The first kappa shape index (κ1) is 55.2. The number of hydrogen-bond acceptors (Lipinski definition) is 11. The fourth-order valence-electron chi connectivity index (χ4n) is 2.63. The summed E-state index contributed by atoms with van der Waals surface area (Å²) in [5.41, 5.74) is 0. The van der Waals surface area contributed by atoms with Crippen molar-refractivity contribution in [2.45, 2.75) is 159 Å². The molecule has 2 heterocycles. The molecule has 0 aromatic rings. The van der Waals surface area contributed by atoms with E-state index in [2.05, 4.69) is 37.4 Å². The molecule has 2 saturated heterocycles. The lowest BCUT2D eigenvalue weighted by atomic mass is 10.2. The van der Waals surface area contributed by atoms with Crippen LogP contribution in [0.2, 0.25) is 0 Å². The molecule has 13 nitrogen and oxygen atoms in total. The first-order valence-corrected chi connectivity index (χ1v) is 16.7. The predicted octanol–water partition coefficient (Wildman–Crippen LogP) is 6.02. The van der Waals surface area contributed by atoms with Crippen molar-refractivity contribution in [3.63, 3.8) is 0 Å². The number of aliphatic hydroxyl groups is 2. The minimum absolute atomic E-state index is 0.0567. The van der Waals surface area contributed by atoms with Crippen molar-refractivity contribution in [2.75, 3.05) is 13.2 Å². The third kappa shape index (κ3) is 42.9. The normalized spacial score (nSPS) is 12.1. The Morgan fingerprint density at radius 1 is 0.543 bits per heavy atom. The molecule has 2 N–H and O–H groups in total. The molecule has 2 rings (SSSR count). The van der Waals surface area contributed by atoms with Crippen LogP contribution in [0.5, 0.6) is 0 Å². The molecular formula is C33H66N2O11. The summed E-state index contributed by atoms with van der Waals surface area (Å²) < 4.78 is 0. The molecule has 2 fully saturated rings. The van der Waals surface area contributed by atoms with Gasteiger partial charge in [0.05, 0.1) is 0 Å². The Morgan fingerprint density at radius 3 is 0.978 bits per heavy atom. The maximum atomic E-state index is 10.6. The van der Waals surface area contributed by atoms with E-state index in [1.807, 2.05) is 34.6 Å². The number of carbonyl (C=O) groups excluding carboxylic acids is 7. The van der Waals surface area contributed by atoms with Crippen molar-refractivity contribution in [3.8, 4) is 0 Å². The van der Waals surface area contributed by atoms with E-state index in [9.17, 15) is 33.6 Å².